The van der Waals surface area contributed by atoms with Crippen LogP contribution in [0.1, 0.15) is 13.8 Å². The maximum Gasteiger partial charge on any atom is 0.265 e. The fourth-order valence-corrected chi connectivity index (χ4v) is 4.94. The average Bonchev–Trinajstić information content (AvgIpc) is 2.61. The van der Waals surface area contributed by atoms with Crippen LogP contribution in [0, 0.1) is 0 Å². The number of carbonyl (C=O) groups is 1. The Bertz CT molecular complexity index is 932. The Kier molecular flexibility index (Phi) is 5.11. The second-order valence-electron chi connectivity index (χ2n) is 5.77. The predicted octanol–water partition coefficient (Wildman–Crippen LogP) is 3.30. The van der Waals surface area contributed by atoms with Gasteiger partial charge in [-0.3, -0.25) is 9.10 Å². The molecular formula is C18H19ClN2O4S. The molecule has 2 aromatic rings. The Labute approximate surface area is 158 Å². The van der Waals surface area contributed by atoms with Crippen LogP contribution in [-0.4, -0.2) is 34.0 Å². The van der Waals surface area contributed by atoms with E-state index in [-0.39, 0.29) is 22.4 Å². The molecule has 0 unspecified atom stereocenters. The zero-order chi connectivity index (χ0) is 18.9. The van der Waals surface area contributed by atoms with Crippen molar-refractivity contribution >= 4 is 38.9 Å². The normalized spacial score (nSPS) is 13.7. The maximum atomic E-state index is 13.2. The topological polar surface area (TPSA) is 66.9 Å². The highest BCUT2D eigenvalue weighted by atomic mass is 35.5. The summed E-state index contributed by atoms with van der Waals surface area (Å²) in [5.41, 5.74) is 1.03. The van der Waals surface area contributed by atoms with E-state index in [0.29, 0.717) is 30.3 Å². The lowest BCUT2D eigenvalue weighted by Gasteiger charge is -2.30. The quantitative estimate of drug-likeness (QED) is 0.798. The summed E-state index contributed by atoms with van der Waals surface area (Å²) in [6.45, 7) is 4.15. The van der Waals surface area contributed by atoms with E-state index in [1.54, 1.807) is 31.2 Å². The molecule has 6 nitrogen and oxygen atoms in total. The van der Waals surface area contributed by atoms with E-state index in [9.17, 15) is 13.2 Å². The summed E-state index contributed by atoms with van der Waals surface area (Å²) in [6, 6.07) is 11.7. The molecule has 138 valence electrons. The van der Waals surface area contributed by atoms with Crippen LogP contribution in [0.2, 0.25) is 5.02 Å². The zero-order valence-electron chi connectivity index (χ0n) is 14.5. The molecule has 0 bridgehead atoms. The SMILES string of the molecule is CCN(c1ccccc1)S(=O)(=O)c1cc2c(cc1Cl)N(C(C)=O)CCO2. The number of hydrogen-bond donors (Lipinski definition) is 0. The molecule has 3 rings (SSSR count). The number of rotatable bonds is 4. The molecule has 2 aromatic carbocycles. The summed E-state index contributed by atoms with van der Waals surface area (Å²) < 4.78 is 33.2. The molecule has 0 aromatic heterocycles. The van der Waals surface area contributed by atoms with Gasteiger partial charge in [0.25, 0.3) is 10.0 Å². The van der Waals surface area contributed by atoms with Gasteiger partial charge in [-0.2, -0.15) is 0 Å². The van der Waals surface area contributed by atoms with Gasteiger partial charge in [-0.15, -0.1) is 0 Å². The number of anilines is 2. The summed E-state index contributed by atoms with van der Waals surface area (Å²) in [7, 11) is -3.89. The van der Waals surface area contributed by atoms with Crippen LogP contribution >= 0.6 is 11.6 Å². The third kappa shape index (κ3) is 3.24. The number of nitrogens with zero attached hydrogens (tertiary/aromatic N) is 2. The van der Waals surface area contributed by atoms with Crippen molar-refractivity contribution in [2.45, 2.75) is 18.7 Å². The molecule has 0 fully saturated rings. The predicted molar refractivity (Wildman–Crippen MR) is 102 cm³/mol. The van der Waals surface area contributed by atoms with Crippen LogP contribution in [0.15, 0.2) is 47.4 Å². The zero-order valence-corrected chi connectivity index (χ0v) is 16.0. The maximum absolute atomic E-state index is 13.2. The fraction of sp³-hybridized carbons (Fsp3) is 0.278. The minimum atomic E-state index is -3.89. The van der Waals surface area contributed by atoms with Crippen molar-refractivity contribution in [1.82, 2.24) is 0 Å². The van der Waals surface area contributed by atoms with E-state index >= 15 is 0 Å². The lowest BCUT2D eigenvalue weighted by molar-refractivity contribution is -0.116. The van der Waals surface area contributed by atoms with Crippen LogP contribution in [0.4, 0.5) is 11.4 Å². The molecular weight excluding hydrogens is 376 g/mol. The fourth-order valence-electron chi connectivity index (χ4n) is 2.95. The molecule has 0 spiro atoms. The molecule has 1 aliphatic rings. The lowest BCUT2D eigenvalue weighted by Crippen LogP contribution is -2.36. The summed E-state index contributed by atoms with van der Waals surface area (Å²) in [5.74, 6) is 0.180. The van der Waals surface area contributed by atoms with Gasteiger partial charge >= 0.3 is 0 Å². The average molecular weight is 395 g/mol. The van der Waals surface area contributed by atoms with Crippen LogP contribution in [-0.2, 0) is 14.8 Å². The van der Waals surface area contributed by atoms with Crippen molar-refractivity contribution in [1.29, 1.82) is 0 Å². The Hall–Kier alpha value is -2.25. The van der Waals surface area contributed by atoms with Gasteiger partial charge in [0.05, 0.1) is 22.9 Å². The van der Waals surface area contributed by atoms with E-state index in [1.807, 2.05) is 6.07 Å². The third-order valence-electron chi connectivity index (χ3n) is 4.16. The molecule has 1 amide bonds. The first-order valence-corrected chi connectivity index (χ1v) is 10.00. The molecule has 0 saturated carbocycles. The number of sulfonamides is 1. The van der Waals surface area contributed by atoms with Gasteiger partial charge in [-0.25, -0.2) is 8.42 Å². The Balaban J connectivity index is 2.10. The monoisotopic (exact) mass is 394 g/mol. The van der Waals surface area contributed by atoms with Gasteiger partial charge in [-0.05, 0) is 25.1 Å². The first-order valence-electron chi connectivity index (χ1n) is 8.18. The van der Waals surface area contributed by atoms with Crippen LogP contribution in [0.25, 0.3) is 0 Å². The van der Waals surface area contributed by atoms with E-state index in [0.717, 1.165) is 0 Å². The van der Waals surface area contributed by atoms with E-state index in [4.69, 9.17) is 16.3 Å². The number of hydrogen-bond acceptors (Lipinski definition) is 4. The van der Waals surface area contributed by atoms with Crippen molar-refractivity contribution in [3.63, 3.8) is 0 Å². The largest absolute Gasteiger partial charge is 0.489 e. The van der Waals surface area contributed by atoms with Gasteiger partial charge in [0.2, 0.25) is 5.91 Å². The molecule has 0 radical (unpaired) electrons. The van der Waals surface area contributed by atoms with Crippen molar-refractivity contribution in [2.75, 3.05) is 28.9 Å². The first kappa shape index (κ1) is 18.5. The van der Waals surface area contributed by atoms with Crippen molar-refractivity contribution in [3.8, 4) is 5.75 Å². The summed E-state index contributed by atoms with van der Waals surface area (Å²) >= 11 is 6.30. The summed E-state index contributed by atoms with van der Waals surface area (Å²) in [6.07, 6.45) is 0. The minimum Gasteiger partial charge on any atom is -0.489 e. The second-order valence-corrected chi connectivity index (χ2v) is 8.01. The molecule has 26 heavy (non-hydrogen) atoms. The molecule has 0 atom stereocenters. The highest BCUT2D eigenvalue weighted by molar-refractivity contribution is 7.93. The van der Waals surface area contributed by atoms with E-state index in [1.165, 1.54) is 28.3 Å². The van der Waals surface area contributed by atoms with E-state index in [2.05, 4.69) is 0 Å². The number of benzene rings is 2. The number of carbonyl (C=O) groups excluding carboxylic acids is 1. The van der Waals surface area contributed by atoms with Crippen LogP contribution in [0.5, 0.6) is 5.75 Å². The van der Waals surface area contributed by atoms with Gasteiger partial charge in [-0.1, -0.05) is 29.8 Å². The minimum absolute atomic E-state index is 0.0472. The van der Waals surface area contributed by atoms with E-state index < -0.39 is 10.0 Å². The Morgan fingerprint density at radius 1 is 1.27 bits per heavy atom. The van der Waals surface area contributed by atoms with Gasteiger partial charge in [0.15, 0.2) is 0 Å². The molecule has 8 heteroatoms. The van der Waals surface area contributed by atoms with Gasteiger partial charge in [0.1, 0.15) is 17.3 Å². The van der Waals surface area contributed by atoms with Crippen molar-refractivity contribution in [3.05, 3.63) is 47.5 Å². The van der Waals surface area contributed by atoms with Crippen LogP contribution in [0.3, 0.4) is 0 Å². The van der Waals surface area contributed by atoms with Gasteiger partial charge in [0, 0.05) is 19.5 Å². The number of para-hydroxylation sites is 1. The first-order chi connectivity index (χ1) is 12.4. The number of halogens is 1. The highest BCUT2D eigenvalue weighted by Crippen LogP contribution is 2.39. The smallest absolute Gasteiger partial charge is 0.265 e. The molecule has 0 saturated heterocycles. The molecule has 0 aliphatic carbocycles. The molecule has 0 N–H and O–H groups in total. The number of amides is 1. The van der Waals surface area contributed by atoms with Crippen molar-refractivity contribution in [2.24, 2.45) is 0 Å². The molecule has 1 aliphatic heterocycles. The molecule has 1 heterocycles. The lowest BCUT2D eigenvalue weighted by atomic mass is 10.2. The third-order valence-corrected chi connectivity index (χ3v) is 6.52. The van der Waals surface area contributed by atoms with Crippen molar-refractivity contribution < 1.29 is 17.9 Å². The number of fused-ring (bicyclic) bond motifs is 1. The Morgan fingerprint density at radius 3 is 2.58 bits per heavy atom. The van der Waals surface area contributed by atoms with Crippen LogP contribution < -0.4 is 13.9 Å². The highest BCUT2D eigenvalue weighted by Gasteiger charge is 2.30. The second kappa shape index (κ2) is 7.17. The standard InChI is InChI=1S/C18H19ClN2O4S/c1-3-21(14-7-5-4-6-8-14)26(23,24)18-12-17-16(11-15(18)19)20(13(2)22)9-10-25-17/h4-8,11-12H,3,9-10H2,1-2H3. The van der Waals surface area contributed by atoms with Gasteiger partial charge < -0.3 is 9.64 Å². The summed E-state index contributed by atoms with van der Waals surface area (Å²) in [5, 5.41) is 0.0508. The Morgan fingerprint density at radius 2 is 1.96 bits per heavy atom. The summed E-state index contributed by atoms with van der Waals surface area (Å²) in [4.78, 5) is 13.3. The number of ether oxygens (including phenoxy) is 1.